The van der Waals surface area contributed by atoms with Gasteiger partial charge in [0.15, 0.2) is 0 Å². The zero-order valence-corrected chi connectivity index (χ0v) is 14.4. The van der Waals surface area contributed by atoms with Crippen molar-refractivity contribution in [2.45, 2.75) is 20.3 Å². The van der Waals surface area contributed by atoms with Gasteiger partial charge in [-0.15, -0.1) is 0 Å². The molecule has 3 aromatic rings. The topological polar surface area (TPSA) is 79.8 Å². The van der Waals surface area contributed by atoms with Crippen molar-refractivity contribution in [2.24, 2.45) is 5.92 Å². The van der Waals surface area contributed by atoms with Gasteiger partial charge in [0.2, 0.25) is 0 Å². The zero-order valence-electron chi connectivity index (χ0n) is 14.4. The summed E-state index contributed by atoms with van der Waals surface area (Å²) >= 11 is 0. The lowest BCUT2D eigenvalue weighted by Crippen LogP contribution is -2.15. The van der Waals surface area contributed by atoms with Crippen LogP contribution in [0.4, 0.5) is 11.5 Å². The first kappa shape index (κ1) is 16.8. The Hall–Kier alpha value is -3.02. The third-order valence-electron chi connectivity index (χ3n) is 3.79. The Labute approximate surface area is 146 Å². The van der Waals surface area contributed by atoms with Crippen LogP contribution in [0.25, 0.3) is 10.9 Å². The maximum atomic E-state index is 12.4. The average molecular weight is 335 g/mol. The number of para-hydroxylation sites is 1. The number of amides is 1. The minimum atomic E-state index is -0.306. The minimum absolute atomic E-state index is 0.266. The predicted molar refractivity (Wildman–Crippen MR) is 99.7 cm³/mol. The number of fused-ring (bicyclic) bond motifs is 1. The Morgan fingerprint density at radius 2 is 1.92 bits per heavy atom. The molecule has 0 fully saturated rings. The summed E-state index contributed by atoms with van der Waals surface area (Å²) < 4.78 is 0. The maximum Gasteiger partial charge on any atom is 0.275 e. The first-order valence-electron chi connectivity index (χ1n) is 8.34. The van der Waals surface area contributed by atoms with Crippen LogP contribution in [0.1, 0.15) is 30.8 Å². The average Bonchev–Trinajstić information content (AvgIpc) is 2.62. The van der Waals surface area contributed by atoms with Crippen molar-refractivity contribution in [2.75, 3.05) is 17.2 Å². The first-order valence-corrected chi connectivity index (χ1v) is 8.34. The Morgan fingerprint density at radius 3 is 2.68 bits per heavy atom. The molecule has 6 heteroatoms. The van der Waals surface area contributed by atoms with Crippen molar-refractivity contribution in [1.82, 2.24) is 15.0 Å². The number of aromatic nitrogens is 3. The van der Waals surface area contributed by atoms with Crippen LogP contribution in [0.3, 0.4) is 0 Å². The number of carbonyl (C=O) groups excluding carboxylic acids is 1. The molecule has 1 amide bonds. The summed E-state index contributed by atoms with van der Waals surface area (Å²) in [5.74, 6) is 0.989. The summed E-state index contributed by atoms with van der Waals surface area (Å²) in [6, 6.07) is 9.48. The van der Waals surface area contributed by atoms with Crippen LogP contribution in [0.2, 0.25) is 0 Å². The third-order valence-corrected chi connectivity index (χ3v) is 3.79. The molecule has 3 rings (SSSR count). The number of benzene rings is 1. The molecule has 2 aromatic heterocycles. The number of carbonyl (C=O) groups is 1. The highest BCUT2D eigenvalue weighted by Crippen LogP contribution is 2.21. The molecule has 128 valence electrons. The Kier molecular flexibility index (Phi) is 5.18. The lowest BCUT2D eigenvalue weighted by molar-refractivity contribution is 0.102. The Balaban J connectivity index is 1.68. The van der Waals surface area contributed by atoms with Crippen molar-refractivity contribution in [3.63, 3.8) is 0 Å². The van der Waals surface area contributed by atoms with Crippen LogP contribution in [-0.4, -0.2) is 27.4 Å². The lowest BCUT2D eigenvalue weighted by Gasteiger charge is -2.09. The van der Waals surface area contributed by atoms with Gasteiger partial charge in [-0.3, -0.25) is 9.78 Å². The van der Waals surface area contributed by atoms with Crippen LogP contribution >= 0.6 is 0 Å². The first-order chi connectivity index (χ1) is 12.1. The van der Waals surface area contributed by atoms with Crippen LogP contribution < -0.4 is 10.6 Å². The van der Waals surface area contributed by atoms with Crippen LogP contribution in [0, 0.1) is 5.92 Å². The highest BCUT2D eigenvalue weighted by Gasteiger charge is 2.11. The summed E-state index contributed by atoms with van der Waals surface area (Å²) in [6.07, 6.45) is 5.82. The van der Waals surface area contributed by atoms with E-state index in [-0.39, 0.29) is 11.6 Å². The molecule has 0 unspecified atom stereocenters. The highest BCUT2D eigenvalue weighted by atomic mass is 16.1. The maximum absolute atomic E-state index is 12.4. The van der Waals surface area contributed by atoms with Crippen molar-refractivity contribution in [3.8, 4) is 0 Å². The monoisotopic (exact) mass is 335 g/mol. The number of pyridine rings is 1. The molecule has 0 aliphatic heterocycles. The van der Waals surface area contributed by atoms with E-state index in [1.54, 1.807) is 12.4 Å². The fourth-order valence-corrected chi connectivity index (χ4v) is 2.42. The van der Waals surface area contributed by atoms with Crippen LogP contribution in [0.15, 0.2) is 48.9 Å². The largest absolute Gasteiger partial charge is 0.369 e. The van der Waals surface area contributed by atoms with Gasteiger partial charge in [-0.2, -0.15) is 0 Å². The second-order valence-electron chi connectivity index (χ2n) is 6.23. The molecule has 6 nitrogen and oxygen atoms in total. The summed E-state index contributed by atoms with van der Waals surface area (Å²) in [5.41, 5.74) is 1.67. The van der Waals surface area contributed by atoms with E-state index in [4.69, 9.17) is 0 Å². The predicted octanol–water partition coefficient (Wildman–Crippen LogP) is 3.74. The Morgan fingerprint density at radius 1 is 1.08 bits per heavy atom. The molecular formula is C19H21N5O. The highest BCUT2D eigenvalue weighted by molar-refractivity contribution is 6.07. The van der Waals surface area contributed by atoms with Gasteiger partial charge < -0.3 is 10.6 Å². The number of rotatable bonds is 6. The van der Waals surface area contributed by atoms with E-state index in [0.717, 1.165) is 23.9 Å². The summed E-state index contributed by atoms with van der Waals surface area (Å²) in [5, 5.41) is 7.02. The van der Waals surface area contributed by atoms with Crippen molar-refractivity contribution in [3.05, 3.63) is 54.6 Å². The lowest BCUT2D eigenvalue weighted by atomic mass is 10.1. The fourth-order valence-electron chi connectivity index (χ4n) is 2.42. The van der Waals surface area contributed by atoms with Gasteiger partial charge in [0.25, 0.3) is 5.91 Å². The molecule has 0 saturated carbocycles. The number of nitrogens with zero attached hydrogens (tertiary/aromatic N) is 3. The second-order valence-corrected chi connectivity index (χ2v) is 6.23. The quantitative estimate of drug-likeness (QED) is 0.717. The number of hydrogen-bond acceptors (Lipinski definition) is 5. The van der Waals surface area contributed by atoms with E-state index in [2.05, 4.69) is 39.4 Å². The molecule has 0 bridgehead atoms. The summed E-state index contributed by atoms with van der Waals surface area (Å²) in [6.45, 7) is 5.17. The molecule has 2 heterocycles. The summed E-state index contributed by atoms with van der Waals surface area (Å²) in [4.78, 5) is 25.2. The van der Waals surface area contributed by atoms with Gasteiger partial charge in [-0.25, -0.2) is 9.97 Å². The van der Waals surface area contributed by atoms with E-state index in [1.807, 2.05) is 30.3 Å². The van der Waals surface area contributed by atoms with Crippen molar-refractivity contribution < 1.29 is 4.79 Å². The molecule has 1 aromatic carbocycles. The normalized spacial score (nSPS) is 10.8. The SMILES string of the molecule is CC(C)CCNc1cnc(C(=O)Nc2cccc3cccnc23)cn1. The molecule has 25 heavy (non-hydrogen) atoms. The number of hydrogen-bond donors (Lipinski definition) is 2. The number of nitrogens with one attached hydrogen (secondary N) is 2. The molecule has 0 spiro atoms. The fraction of sp³-hybridized carbons (Fsp3) is 0.263. The zero-order chi connectivity index (χ0) is 17.6. The standard InChI is InChI=1S/C19H21N5O/c1-13(2)8-10-20-17-12-22-16(11-23-17)19(25)24-15-7-3-5-14-6-4-9-21-18(14)15/h3-7,9,11-13H,8,10H2,1-2H3,(H,20,23)(H,24,25). The van der Waals surface area contributed by atoms with E-state index < -0.39 is 0 Å². The van der Waals surface area contributed by atoms with E-state index in [1.165, 1.54) is 6.20 Å². The van der Waals surface area contributed by atoms with Crippen molar-refractivity contribution in [1.29, 1.82) is 0 Å². The number of anilines is 2. The van der Waals surface area contributed by atoms with Gasteiger partial charge >= 0.3 is 0 Å². The minimum Gasteiger partial charge on any atom is -0.369 e. The van der Waals surface area contributed by atoms with Crippen molar-refractivity contribution >= 4 is 28.3 Å². The molecule has 0 radical (unpaired) electrons. The molecule has 2 N–H and O–H groups in total. The van der Waals surface area contributed by atoms with Gasteiger partial charge in [0, 0.05) is 18.1 Å². The van der Waals surface area contributed by atoms with Crippen LogP contribution in [-0.2, 0) is 0 Å². The summed E-state index contributed by atoms with van der Waals surface area (Å²) in [7, 11) is 0. The third kappa shape index (κ3) is 4.29. The van der Waals surface area contributed by atoms with E-state index in [0.29, 0.717) is 17.4 Å². The molecule has 0 atom stereocenters. The van der Waals surface area contributed by atoms with Gasteiger partial charge in [0.1, 0.15) is 11.5 Å². The van der Waals surface area contributed by atoms with E-state index in [9.17, 15) is 4.79 Å². The van der Waals surface area contributed by atoms with Gasteiger partial charge in [-0.05, 0) is 24.5 Å². The van der Waals surface area contributed by atoms with Gasteiger partial charge in [-0.1, -0.05) is 32.0 Å². The molecule has 0 aliphatic rings. The van der Waals surface area contributed by atoms with Crippen LogP contribution in [0.5, 0.6) is 0 Å². The molecule has 0 aliphatic carbocycles. The van der Waals surface area contributed by atoms with E-state index >= 15 is 0 Å². The smallest absolute Gasteiger partial charge is 0.275 e. The Bertz CT molecular complexity index is 856. The van der Waals surface area contributed by atoms with Gasteiger partial charge in [0.05, 0.1) is 23.6 Å². The molecule has 0 saturated heterocycles. The molecular weight excluding hydrogens is 314 g/mol. The second kappa shape index (κ2) is 7.70.